The van der Waals surface area contributed by atoms with E-state index < -0.39 is 6.04 Å². The number of ether oxygens (including phenoxy) is 1. The van der Waals surface area contributed by atoms with Gasteiger partial charge in [0.15, 0.2) is 0 Å². The Labute approximate surface area is 171 Å². The van der Waals surface area contributed by atoms with Gasteiger partial charge in [0.05, 0.1) is 13.2 Å². The lowest BCUT2D eigenvalue weighted by atomic mass is 9.87. The van der Waals surface area contributed by atoms with Crippen molar-refractivity contribution < 1.29 is 14.6 Å². The predicted molar refractivity (Wildman–Crippen MR) is 115 cm³/mol. The lowest BCUT2D eigenvalue weighted by Crippen LogP contribution is -2.35. The molecule has 0 heterocycles. The summed E-state index contributed by atoms with van der Waals surface area (Å²) in [6.45, 7) is 0. The number of hydrogen-bond donors (Lipinski definition) is 2. The highest BCUT2D eigenvalue weighted by Gasteiger charge is 2.28. The molecule has 0 unspecified atom stereocenters. The topological polar surface area (TPSA) is 58.6 Å². The maximum Gasteiger partial charge on any atom is 0.223 e. The van der Waals surface area contributed by atoms with Gasteiger partial charge in [-0.05, 0) is 35.7 Å². The van der Waals surface area contributed by atoms with Crippen molar-refractivity contribution in [2.75, 3.05) is 7.11 Å². The average molecular weight is 389 g/mol. The van der Waals surface area contributed by atoms with E-state index in [9.17, 15) is 9.90 Å². The Hall–Kier alpha value is -3.01. The van der Waals surface area contributed by atoms with Crippen molar-refractivity contribution in [2.24, 2.45) is 5.92 Å². The summed E-state index contributed by atoms with van der Waals surface area (Å²) in [5.74, 6) is 0.934. The van der Waals surface area contributed by atoms with E-state index in [0.717, 1.165) is 42.0 Å². The Bertz CT molecular complexity index is 1010. The molecule has 150 valence electrons. The number of benzene rings is 3. The lowest BCUT2D eigenvalue weighted by molar-refractivity contribution is -0.126. The Morgan fingerprint density at radius 1 is 1.00 bits per heavy atom. The van der Waals surface area contributed by atoms with Crippen LogP contribution in [0.4, 0.5) is 0 Å². The van der Waals surface area contributed by atoms with Crippen LogP contribution >= 0.6 is 0 Å². The molecular formula is C25H27NO3. The van der Waals surface area contributed by atoms with Crippen molar-refractivity contribution in [1.29, 1.82) is 0 Å². The fraction of sp³-hybridized carbons (Fsp3) is 0.320. The SMILES string of the molecule is COc1ccccc1[C@H](NC(=O)C1CCCCC1)c1c(O)ccc2ccccc12. The molecule has 2 N–H and O–H groups in total. The van der Waals surface area contributed by atoms with Gasteiger partial charge in [0.2, 0.25) is 5.91 Å². The molecule has 1 aliphatic carbocycles. The first-order valence-electron chi connectivity index (χ1n) is 10.3. The number of phenolic OH excluding ortho intramolecular Hbond substituents is 1. The fourth-order valence-electron chi connectivity index (χ4n) is 4.42. The zero-order valence-corrected chi connectivity index (χ0v) is 16.7. The summed E-state index contributed by atoms with van der Waals surface area (Å²) in [6, 6.07) is 18.7. The lowest BCUT2D eigenvalue weighted by Gasteiger charge is -2.27. The number of nitrogens with one attached hydrogen (secondary N) is 1. The molecule has 1 amide bonds. The molecule has 1 saturated carbocycles. The van der Waals surface area contributed by atoms with E-state index in [1.54, 1.807) is 13.2 Å². The number of carbonyl (C=O) groups is 1. The highest BCUT2D eigenvalue weighted by molar-refractivity contribution is 5.90. The van der Waals surface area contributed by atoms with Crippen LogP contribution < -0.4 is 10.1 Å². The van der Waals surface area contributed by atoms with Gasteiger partial charge in [-0.15, -0.1) is 0 Å². The van der Waals surface area contributed by atoms with Crippen molar-refractivity contribution >= 4 is 16.7 Å². The van der Waals surface area contributed by atoms with Crippen molar-refractivity contribution in [3.63, 3.8) is 0 Å². The van der Waals surface area contributed by atoms with Gasteiger partial charge in [-0.2, -0.15) is 0 Å². The van der Waals surface area contributed by atoms with Crippen molar-refractivity contribution in [3.8, 4) is 11.5 Å². The summed E-state index contributed by atoms with van der Waals surface area (Å²) in [6.07, 6.45) is 5.23. The zero-order chi connectivity index (χ0) is 20.2. The van der Waals surface area contributed by atoms with Crippen LogP contribution in [0, 0.1) is 5.92 Å². The minimum Gasteiger partial charge on any atom is -0.508 e. The smallest absolute Gasteiger partial charge is 0.223 e. The summed E-state index contributed by atoms with van der Waals surface area (Å²) >= 11 is 0. The van der Waals surface area contributed by atoms with E-state index in [2.05, 4.69) is 5.32 Å². The molecule has 0 saturated heterocycles. The van der Waals surface area contributed by atoms with Crippen molar-refractivity contribution in [2.45, 2.75) is 38.1 Å². The third kappa shape index (κ3) is 3.93. The number of carbonyl (C=O) groups excluding carboxylic acids is 1. The Morgan fingerprint density at radius 2 is 1.72 bits per heavy atom. The number of aromatic hydroxyl groups is 1. The molecule has 0 aromatic heterocycles. The minimum atomic E-state index is -0.494. The van der Waals surface area contributed by atoms with E-state index in [1.807, 2.05) is 54.6 Å². The Morgan fingerprint density at radius 3 is 2.52 bits per heavy atom. The van der Waals surface area contributed by atoms with Crippen LogP contribution in [0.3, 0.4) is 0 Å². The van der Waals surface area contributed by atoms with Crippen molar-refractivity contribution in [1.82, 2.24) is 5.32 Å². The number of hydrogen-bond acceptors (Lipinski definition) is 3. The van der Waals surface area contributed by atoms with Gasteiger partial charge in [0.25, 0.3) is 0 Å². The fourth-order valence-corrected chi connectivity index (χ4v) is 4.42. The monoisotopic (exact) mass is 389 g/mol. The van der Waals surface area contributed by atoms with Crippen LogP contribution in [0.5, 0.6) is 11.5 Å². The highest BCUT2D eigenvalue weighted by Crippen LogP contribution is 2.39. The third-order valence-corrected chi connectivity index (χ3v) is 5.95. The molecule has 29 heavy (non-hydrogen) atoms. The van der Waals surface area contributed by atoms with Crippen LogP contribution in [0.2, 0.25) is 0 Å². The van der Waals surface area contributed by atoms with Crippen LogP contribution in [0.25, 0.3) is 10.8 Å². The van der Waals surface area contributed by atoms with Gasteiger partial charge in [-0.25, -0.2) is 0 Å². The molecule has 1 aliphatic rings. The van der Waals surface area contributed by atoms with Gasteiger partial charge < -0.3 is 15.2 Å². The van der Waals surface area contributed by atoms with Gasteiger partial charge in [0.1, 0.15) is 11.5 Å². The average Bonchev–Trinajstić information content (AvgIpc) is 2.78. The number of para-hydroxylation sites is 1. The number of amides is 1. The van der Waals surface area contributed by atoms with Crippen molar-refractivity contribution in [3.05, 3.63) is 71.8 Å². The zero-order valence-electron chi connectivity index (χ0n) is 16.7. The predicted octanol–water partition coefficient (Wildman–Crippen LogP) is 5.34. The van der Waals surface area contributed by atoms with E-state index in [0.29, 0.717) is 11.3 Å². The molecule has 0 spiro atoms. The second-order valence-corrected chi connectivity index (χ2v) is 7.74. The second kappa shape index (κ2) is 8.56. The van der Waals surface area contributed by atoms with E-state index in [-0.39, 0.29) is 17.6 Å². The van der Waals surface area contributed by atoms with Crippen LogP contribution in [-0.4, -0.2) is 18.1 Å². The van der Waals surface area contributed by atoms with Gasteiger partial charge in [0, 0.05) is 17.0 Å². The maximum absolute atomic E-state index is 13.2. The molecule has 3 aromatic carbocycles. The summed E-state index contributed by atoms with van der Waals surface area (Å²) in [7, 11) is 1.63. The Kier molecular flexibility index (Phi) is 5.70. The molecule has 0 aliphatic heterocycles. The van der Waals surface area contributed by atoms with E-state index in [4.69, 9.17) is 4.74 Å². The summed E-state index contributed by atoms with van der Waals surface area (Å²) in [5.41, 5.74) is 1.54. The number of fused-ring (bicyclic) bond motifs is 1. The molecule has 3 aromatic rings. The molecule has 1 atom stereocenters. The minimum absolute atomic E-state index is 0.0260. The van der Waals surface area contributed by atoms with Crippen LogP contribution in [0.1, 0.15) is 49.3 Å². The highest BCUT2D eigenvalue weighted by atomic mass is 16.5. The van der Waals surface area contributed by atoms with Crippen LogP contribution in [-0.2, 0) is 4.79 Å². The normalized spacial score (nSPS) is 15.8. The number of phenols is 1. The number of methoxy groups -OCH3 is 1. The Balaban J connectivity index is 1.83. The molecular weight excluding hydrogens is 362 g/mol. The summed E-state index contributed by atoms with van der Waals surface area (Å²) < 4.78 is 5.59. The first kappa shape index (κ1) is 19.3. The maximum atomic E-state index is 13.2. The first-order chi connectivity index (χ1) is 14.2. The molecule has 4 heteroatoms. The van der Waals surface area contributed by atoms with E-state index in [1.165, 1.54) is 6.42 Å². The second-order valence-electron chi connectivity index (χ2n) is 7.74. The first-order valence-corrected chi connectivity index (χ1v) is 10.3. The van der Waals surface area contributed by atoms with Gasteiger partial charge in [-0.3, -0.25) is 4.79 Å². The summed E-state index contributed by atoms with van der Waals surface area (Å²) in [5, 5.41) is 16.0. The quantitative estimate of drug-likeness (QED) is 0.619. The molecule has 4 nitrogen and oxygen atoms in total. The molecule has 1 fully saturated rings. The largest absolute Gasteiger partial charge is 0.508 e. The number of rotatable bonds is 5. The summed E-state index contributed by atoms with van der Waals surface area (Å²) in [4.78, 5) is 13.2. The molecule has 0 bridgehead atoms. The standard InChI is InChI=1S/C25H27NO3/c1-29-22-14-8-7-13-20(22)24(26-25(28)18-10-3-2-4-11-18)23-19-12-6-5-9-17(19)15-16-21(23)27/h5-9,12-16,18,24,27H,2-4,10-11H2,1H3,(H,26,28)/t24-/m0/s1. The van der Waals surface area contributed by atoms with Crippen LogP contribution in [0.15, 0.2) is 60.7 Å². The third-order valence-electron chi connectivity index (χ3n) is 5.95. The molecule has 4 rings (SSSR count). The van der Waals surface area contributed by atoms with Gasteiger partial charge in [-0.1, -0.05) is 67.8 Å². The molecule has 0 radical (unpaired) electrons. The van der Waals surface area contributed by atoms with Gasteiger partial charge >= 0.3 is 0 Å². The van der Waals surface area contributed by atoms with E-state index >= 15 is 0 Å².